The standard InChI is InChI=1S/C16H30O4/c1-5-6-7-8-9-10-11-12(16(2,3)4)13(14(17)18)15(19)20/h12-13H,5-11H2,1-4H3,(H,17,18)(H,19,20). The first-order chi connectivity index (χ1) is 9.21. The van der Waals surface area contributed by atoms with Crippen LogP contribution < -0.4 is 0 Å². The maximum absolute atomic E-state index is 11.2. The molecule has 1 unspecified atom stereocenters. The molecule has 0 bridgehead atoms. The van der Waals surface area contributed by atoms with Gasteiger partial charge in [-0.3, -0.25) is 9.59 Å². The SMILES string of the molecule is CCCCCCCCC(C(C(=O)O)C(=O)O)C(C)(C)C. The zero-order chi connectivity index (χ0) is 15.8. The van der Waals surface area contributed by atoms with Gasteiger partial charge < -0.3 is 10.2 Å². The number of carbonyl (C=O) groups is 2. The molecule has 0 aromatic rings. The van der Waals surface area contributed by atoms with Gasteiger partial charge >= 0.3 is 11.9 Å². The molecule has 0 aromatic carbocycles. The summed E-state index contributed by atoms with van der Waals surface area (Å²) in [6.07, 6.45) is 7.41. The third-order valence-electron chi connectivity index (χ3n) is 3.92. The van der Waals surface area contributed by atoms with E-state index in [1.807, 2.05) is 20.8 Å². The fourth-order valence-electron chi connectivity index (χ4n) is 2.69. The molecule has 0 aromatic heterocycles. The second kappa shape index (κ2) is 8.98. The zero-order valence-electron chi connectivity index (χ0n) is 13.3. The molecular weight excluding hydrogens is 256 g/mol. The van der Waals surface area contributed by atoms with Crippen molar-refractivity contribution < 1.29 is 19.8 Å². The highest BCUT2D eigenvalue weighted by Crippen LogP contribution is 2.36. The average molecular weight is 286 g/mol. The number of hydrogen-bond donors (Lipinski definition) is 2. The van der Waals surface area contributed by atoms with Crippen molar-refractivity contribution in [1.82, 2.24) is 0 Å². The van der Waals surface area contributed by atoms with Crippen molar-refractivity contribution in [2.24, 2.45) is 17.3 Å². The Morgan fingerprint density at radius 3 is 1.75 bits per heavy atom. The van der Waals surface area contributed by atoms with E-state index in [0.717, 1.165) is 19.3 Å². The molecule has 0 spiro atoms. The van der Waals surface area contributed by atoms with Gasteiger partial charge in [-0.25, -0.2) is 0 Å². The van der Waals surface area contributed by atoms with Gasteiger partial charge in [0.05, 0.1) is 0 Å². The Morgan fingerprint density at radius 1 is 0.900 bits per heavy atom. The summed E-state index contributed by atoms with van der Waals surface area (Å²) in [5.74, 6) is -4.07. The van der Waals surface area contributed by atoms with E-state index in [-0.39, 0.29) is 11.3 Å². The molecular formula is C16H30O4. The number of unbranched alkanes of at least 4 members (excludes halogenated alkanes) is 5. The quantitative estimate of drug-likeness (QED) is 0.466. The topological polar surface area (TPSA) is 74.6 Å². The molecule has 0 aliphatic rings. The molecule has 4 heteroatoms. The molecule has 0 amide bonds. The summed E-state index contributed by atoms with van der Waals surface area (Å²) in [4.78, 5) is 22.4. The highest BCUT2D eigenvalue weighted by atomic mass is 16.4. The fraction of sp³-hybridized carbons (Fsp3) is 0.875. The van der Waals surface area contributed by atoms with Gasteiger partial charge in [-0.15, -0.1) is 0 Å². The average Bonchev–Trinajstić information content (AvgIpc) is 2.29. The molecule has 0 radical (unpaired) electrons. The molecule has 0 rings (SSSR count). The minimum absolute atomic E-state index is 0.315. The molecule has 2 N–H and O–H groups in total. The minimum Gasteiger partial charge on any atom is -0.481 e. The smallest absolute Gasteiger partial charge is 0.318 e. The summed E-state index contributed by atoms with van der Waals surface area (Å²) in [6.45, 7) is 7.94. The van der Waals surface area contributed by atoms with E-state index >= 15 is 0 Å². The van der Waals surface area contributed by atoms with Crippen LogP contribution in [0.4, 0.5) is 0 Å². The van der Waals surface area contributed by atoms with E-state index in [1.165, 1.54) is 19.3 Å². The van der Waals surface area contributed by atoms with Crippen molar-refractivity contribution in [2.75, 3.05) is 0 Å². The summed E-state index contributed by atoms with van der Waals surface area (Å²) in [6, 6.07) is 0. The van der Waals surface area contributed by atoms with Crippen LogP contribution >= 0.6 is 0 Å². The number of carboxylic acid groups (broad SMARTS) is 2. The molecule has 0 saturated heterocycles. The van der Waals surface area contributed by atoms with Gasteiger partial charge in [-0.1, -0.05) is 66.2 Å². The van der Waals surface area contributed by atoms with Crippen molar-refractivity contribution in [1.29, 1.82) is 0 Å². The van der Waals surface area contributed by atoms with Crippen molar-refractivity contribution >= 4 is 11.9 Å². The summed E-state index contributed by atoms with van der Waals surface area (Å²) < 4.78 is 0. The largest absolute Gasteiger partial charge is 0.481 e. The second-order valence-electron chi connectivity index (χ2n) is 6.68. The van der Waals surface area contributed by atoms with Crippen LogP contribution in [0.15, 0.2) is 0 Å². The van der Waals surface area contributed by atoms with Gasteiger partial charge in [-0.2, -0.15) is 0 Å². The fourth-order valence-corrected chi connectivity index (χ4v) is 2.69. The van der Waals surface area contributed by atoms with Crippen LogP contribution in [0.5, 0.6) is 0 Å². The van der Waals surface area contributed by atoms with Gasteiger partial charge in [0, 0.05) is 0 Å². The van der Waals surface area contributed by atoms with Gasteiger partial charge in [0.2, 0.25) is 0 Å². The van der Waals surface area contributed by atoms with Crippen LogP contribution in [-0.2, 0) is 9.59 Å². The van der Waals surface area contributed by atoms with E-state index in [2.05, 4.69) is 6.92 Å². The molecule has 20 heavy (non-hydrogen) atoms. The van der Waals surface area contributed by atoms with E-state index in [0.29, 0.717) is 6.42 Å². The first kappa shape index (κ1) is 18.9. The molecule has 0 aliphatic carbocycles. The first-order valence-corrected chi connectivity index (χ1v) is 7.67. The van der Waals surface area contributed by atoms with Crippen molar-refractivity contribution in [3.63, 3.8) is 0 Å². The van der Waals surface area contributed by atoms with Gasteiger partial charge in [0.15, 0.2) is 5.92 Å². The maximum atomic E-state index is 11.2. The first-order valence-electron chi connectivity index (χ1n) is 7.67. The lowest BCUT2D eigenvalue weighted by atomic mass is 9.70. The summed E-state index contributed by atoms with van der Waals surface area (Å²) in [7, 11) is 0. The summed E-state index contributed by atoms with van der Waals surface area (Å²) in [5, 5.41) is 18.3. The molecule has 0 heterocycles. The van der Waals surface area contributed by atoms with Crippen LogP contribution in [0.2, 0.25) is 0 Å². The Hall–Kier alpha value is -1.06. The van der Waals surface area contributed by atoms with E-state index in [1.54, 1.807) is 0 Å². The van der Waals surface area contributed by atoms with Gasteiger partial charge in [-0.05, 0) is 17.8 Å². The van der Waals surface area contributed by atoms with Crippen LogP contribution in [0, 0.1) is 17.3 Å². The normalized spacial score (nSPS) is 13.4. The molecule has 0 saturated carbocycles. The van der Waals surface area contributed by atoms with E-state index in [9.17, 15) is 9.59 Å². The van der Waals surface area contributed by atoms with Crippen molar-refractivity contribution in [3.8, 4) is 0 Å². The van der Waals surface area contributed by atoms with Gasteiger partial charge in [0.1, 0.15) is 0 Å². The minimum atomic E-state index is -1.30. The highest BCUT2D eigenvalue weighted by molar-refractivity contribution is 5.93. The Balaban J connectivity index is 4.51. The molecule has 4 nitrogen and oxygen atoms in total. The number of hydrogen-bond acceptors (Lipinski definition) is 2. The molecule has 0 fully saturated rings. The lowest BCUT2D eigenvalue weighted by molar-refractivity contribution is -0.159. The Morgan fingerprint density at radius 2 is 1.35 bits per heavy atom. The third-order valence-corrected chi connectivity index (χ3v) is 3.92. The lowest BCUT2D eigenvalue weighted by Gasteiger charge is -2.33. The number of carboxylic acids is 2. The highest BCUT2D eigenvalue weighted by Gasteiger charge is 2.40. The van der Waals surface area contributed by atoms with Crippen LogP contribution in [-0.4, -0.2) is 22.2 Å². The number of aliphatic carboxylic acids is 2. The summed E-state index contributed by atoms with van der Waals surface area (Å²) in [5.41, 5.74) is -0.315. The molecule has 118 valence electrons. The molecule has 1 atom stereocenters. The third kappa shape index (κ3) is 6.92. The Bertz CT molecular complexity index is 290. The molecule has 0 aliphatic heterocycles. The van der Waals surface area contributed by atoms with Crippen LogP contribution in [0.25, 0.3) is 0 Å². The Labute approximate surface area is 122 Å². The van der Waals surface area contributed by atoms with Gasteiger partial charge in [0.25, 0.3) is 0 Å². The van der Waals surface area contributed by atoms with Crippen LogP contribution in [0.3, 0.4) is 0 Å². The van der Waals surface area contributed by atoms with Crippen molar-refractivity contribution in [3.05, 3.63) is 0 Å². The monoisotopic (exact) mass is 286 g/mol. The predicted octanol–water partition coefficient (Wildman–Crippen LogP) is 4.18. The van der Waals surface area contributed by atoms with E-state index in [4.69, 9.17) is 10.2 Å². The number of rotatable bonds is 10. The summed E-state index contributed by atoms with van der Waals surface area (Å²) >= 11 is 0. The van der Waals surface area contributed by atoms with Crippen LogP contribution in [0.1, 0.15) is 72.6 Å². The van der Waals surface area contributed by atoms with Crippen molar-refractivity contribution in [2.45, 2.75) is 72.6 Å². The maximum Gasteiger partial charge on any atom is 0.318 e. The van der Waals surface area contributed by atoms with E-state index < -0.39 is 17.9 Å². The lowest BCUT2D eigenvalue weighted by Crippen LogP contribution is -2.38. The zero-order valence-corrected chi connectivity index (χ0v) is 13.3. The second-order valence-corrected chi connectivity index (χ2v) is 6.68. The Kier molecular flexibility index (Phi) is 8.51. The predicted molar refractivity (Wildman–Crippen MR) is 79.7 cm³/mol.